The summed E-state index contributed by atoms with van der Waals surface area (Å²) in [5.41, 5.74) is 7.57. The molecule has 0 aliphatic rings. The van der Waals surface area contributed by atoms with Gasteiger partial charge in [0.15, 0.2) is 0 Å². The molecule has 2 aromatic rings. The van der Waals surface area contributed by atoms with Gasteiger partial charge in [-0.15, -0.1) is 0 Å². The third-order valence-corrected chi connectivity index (χ3v) is 2.76. The van der Waals surface area contributed by atoms with Crippen LogP contribution in [0, 0.1) is 6.92 Å². The fourth-order valence-electron chi connectivity index (χ4n) is 1.70. The molecule has 2 rings (SSSR count). The molecule has 1 amide bonds. The highest BCUT2D eigenvalue weighted by Gasteiger charge is 2.08. The number of nitrogens with zero attached hydrogens (tertiary/aromatic N) is 1. The Hall–Kier alpha value is -2.56. The van der Waals surface area contributed by atoms with E-state index in [9.17, 15) is 4.79 Å². The number of carbonyl (C=O) groups excluding carboxylic acids is 1. The van der Waals surface area contributed by atoms with Gasteiger partial charge in [-0.2, -0.15) is 0 Å². The van der Waals surface area contributed by atoms with Crippen molar-refractivity contribution < 1.29 is 9.53 Å². The molecule has 5 nitrogen and oxygen atoms in total. The second-order valence-corrected chi connectivity index (χ2v) is 4.34. The molecular formula is C15H17N3O2. The van der Waals surface area contributed by atoms with Crippen LogP contribution in [0.2, 0.25) is 0 Å². The number of nitrogens with two attached hydrogens (primary N) is 1. The van der Waals surface area contributed by atoms with E-state index >= 15 is 0 Å². The van der Waals surface area contributed by atoms with Crippen molar-refractivity contribution in [3.8, 4) is 5.75 Å². The average Bonchev–Trinajstić information content (AvgIpc) is 2.46. The summed E-state index contributed by atoms with van der Waals surface area (Å²) in [4.78, 5) is 15.9. The van der Waals surface area contributed by atoms with Crippen LogP contribution in [0.5, 0.6) is 5.75 Å². The zero-order valence-electron chi connectivity index (χ0n) is 11.3. The first-order valence-corrected chi connectivity index (χ1v) is 6.35. The van der Waals surface area contributed by atoms with Crippen LogP contribution in [-0.4, -0.2) is 24.0 Å². The molecule has 0 radical (unpaired) electrons. The van der Waals surface area contributed by atoms with E-state index in [0.29, 0.717) is 24.5 Å². The molecule has 0 bridgehead atoms. The number of pyridine rings is 1. The summed E-state index contributed by atoms with van der Waals surface area (Å²) in [6.07, 6.45) is 1.60. The third-order valence-electron chi connectivity index (χ3n) is 2.76. The van der Waals surface area contributed by atoms with E-state index in [1.165, 1.54) is 0 Å². The van der Waals surface area contributed by atoms with Crippen molar-refractivity contribution in [1.82, 2.24) is 10.3 Å². The lowest BCUT2D eigenvalue weighted by Gasteiger charge is -2.08. The number of carbonyl (C=O) groups is 1. The second-order valence-electron chi connectivity index (χ2n) is 4.34. The lowest BCUT2D eigenvalue weighted by molar-refractivity contribution is 0.0941. The summed E-state index contributed by atoms with van der Waals surface area (Å²) in [5.74, 6) is 0.534. The zero-order chi connectivity index (χ0) is 14.4. The van der Waals surface area contributed by atoms with Crippen LogP contribution < -0.4 is 15.8 Å². The number of hydrogen-bond donors (Lipinski definition) is 2. The van der Waals surface area contributed by atoms with Crippen molar-refractivity contribution in [1.29, 1.82) is 0 Å². The molecule has 0 aliphatic heterocycles. The van der Waals surface area contributed by atoms with Crippen LogP contribution in [-0.2, 0) is 0 Å². The van der Waals surface area contributed by atoms with E-state index in [2.05, 4.69) is 10.3 Å². The molecular weight excluding hydrogens is 254 g/mol. The molecule has 0 fully saturated rings. The SMILES string of the molecule is Cc1cccnc1C(=O)NCCOc1ccc(N)cc1. The number of benzene rings is 1. The number of ether oxygens (including phenoxy) is 1. The van der Waals surface area contributed by atoms with Crippen molar-refractivity contribution >= 4 is 11.6 Å². The smallest absolute Gasteiger partial charge is 0.270 e. The van der Waals surface area contributed by atoms with Gasteiger partial charge in [0, 0.05) is 11.9 Å². The summed E-state index contributed by atoms with van der Waals surface area (Å²) in [6.45, 7) is 2.66. The first-order chi connectivity index (χ1) is 9.66. The molecule has 104 valence electrons. The molecule has 3 N–H and O–H groups in total. The van der Waals surface area contributed by atoms with Gasteiger partial charge in [0.1, 0.15) is 18.1 Å². The summed E-state index contributed by atoms with van der Waals surface area (Å²) in [6, 6.07) is 10.8. The molecule has 0 spiro atoms. The Morgan fingerprint density at radius 2 is 2.05 bits per heavy atom. The highest BCUT2D eigenvalue weighted by Crippen LogP contribution is 2.12. The number of nitrogen functional groups attached to an aromatic ring is 1. The van der Waals surface area contributed by atoms with Gasteiger partial charge < -0.3 is 15.8 Å². The van der Waals surface area contributed by atoms with E-state index in [0.717, 1.165) is 11.3 Å². The molecule has 5 heteroatoms. The minimum Gasteiger partial charge on any atom is -0.492 e. The Bertz CT molecular complexity index is 582. The average molecular weight is 271 g/mol. The molecule has 0 saturated carbocycles. The largest absolute Gasteiger partial charge is 0.492 e. The van der Waals surface area contributed by atoms with Gasteiger partial charge in [0.25, 0.3) is 5.91 Å². The lowest BCUT2D eigenvalue weighted by Crippen LogP contribution is -2.29. The normalized spacial score (nSPS) is 10.1. The topological polar surface area (TPSA) is 77.2 Å². The number of anilines is 1. The van der Waals surface area contributed by atoms with Gasteiger partial charge in [0.05, 0.1) is 6.54 Å². The predicted octanol–water partition coefficient (Wildman–Crippen LogP) is 1.78. The Morgan fingerprint density at radius 3 is 2.75 bits per heavy atom. The molecule has 0 saturated heterocycles. The molecule has 0 unspecified atom stereocenters. The van der Waals surface area contributed by atoms with E-state index in [-0.39, 0.29) is 5.91 Å². The minimum absolute atomic E-state index is 0.191. The molecule has 0 atom stereocenters. The molecule has 0 aliphatic carbocycles. The van der Waals surface area contributed by atoms with Gasteiger partial charge in [-0.3, -0.25) is 9.78 Å². The number of aryl methyl sites for hydroxylation is 1. The predicted molar refractivity (Wildman–Crippen MR) is 77.7 cm³/mol. The number of aromatic nitrogens is 1. The highest BCUT2D eigenvalue weighted by molar-refractivity contribution is 5.93. The van der Waals surface area contributed by atoms with Crippen LogP contribution in [0.15, 0.2) is 42.6 Å². The van der Waals surface area contributed by atoms with Crippen LogP contribution in [0.4, 0.5) is 5.69 Å². The number of nitrogens with one attached hydrogen (secondary N) is 1. The number of amides is 1. The fourth-order valence-corrected chi connectivity index (χ4v) is 1.70. The van der Waals surface area contributed by atoms with Gasteiger partial charge in [-0.1, -0.05) is 6.07 Å². The first-order valence-electron chi connectivity index (χ1n) is 6.35. The number of hydrogen-bond acceptors (Lipinski definition) is 4. The van der Waals surface area contributed by atoms with E-state index in [1.807, 2.05) is 13.0 Å². The van der Waals surface area contributed by atoms with Gasteiger partial charge in [-0.05, 0) is 42.8 Å². The molecule has 1 heterocycles. The first kappa shape index (κ1) is 13.9. The van der Waals surface area contributed by atoms with Crippen molar-refractivity contribution in [3.05, 3.63) is 53.9 Å². The minimum atomic E-state index is -0.191. The van der Waals surface area contributed by atoms with Crippen LogP contribution in [0.1, 0.15) is 16.1 Å². The van der Waals surface area contributed by atoms with Gasteiger partial charge >= 0.3 is 0 Å². The summed E-state index contributed by atoms with van der Waals surface area (Å²) < 4.78 is 5.49. The molecule has 20 heavy (non-hydrogen) atoms. The summed E-state index contributed by atoms with van der Waals surface area (Å²) in [7, 11) is 0. The van der Waals surface area contributed by atoms with Crippen molar-refractivity contribution in [3.63, 3.8) is 0 Å². The zero-order valence-corrected chi connectivity index (χ0v) is 11.3. The Labute approximate surface area is 117 Å². The Kier molecular flexibility index (Phi) is 4.55. The van der Waals surface area contributed by atoms with E-state index in [4.69, 9.17) is 10.5 Å². The molecule has 1 aromatic carbocycles. The maximum atomic E-state index is 11.9. The van der Waals surface area contributed by atoms with Crippen LogP contribution >= 0.6 is 0 Å². The van der Waals surface area contributed by atoms with Crippen LogP contribution in [0.3, 0.4) is 0 Å². The number of rotatable bonds is 5. The quantitative estimate of drug-likeness (QED) is 0.642. The van der Waals surface area contributed by atoms with Crippen LogP contribution in [0.25, 0.3) is 0 Å². The second kappa shape index (κ2) is 6.56. The van der Waals surface area contributed by atoms with Crippen molar-refractivity contribution in [2.24, 2.45) is 0 Å². The third kappa shape index (κ3) is 3.71. The lowest BCUT2D eigenvalue weighted by atomic mass is 10.2. The monoisotopic (exact) mass is 271 g/mol. The Balaban J connectivity index is 1.77. The standard InChI is InChI=1S/C15H17N3O2/c1-11-3-2-8-17-14(11)15(19)18-9-10-20-13-6-4-12(16)5-7-13/h2-8H,9-10,16H2,1H3,(H,18,19). The van der Waals surface area contributed by atoms with Gasteiger partial charge in [-0.25, -0.2) is 0 Å². The van der Waals surface area contributed by atoms with Crippen molar-refractivity contribution in [2.75, 3.05) is 18.9 Å². The van der Waals surface area contributed by atoms with Crippen molar-refractivity contribution in [2.45, 2.75) is 6.92 Å². The fraction of sp³-hybridized carbons (Fsp3) is 0.200. The Morgan fingerprint density at radius 1 is 1.30 bits per heavy atom. The summed E-state index contributed by atoms with van der Waals surface area (Å²) in [5, 5.41) is 2.77. The maximum Gasteiger partial charge on any atom is 0.270 e. The molecule has 1 aromatic heterocycles. The maximum absolute atomic E-state index is 11.9. The van der Waals surface area contributed by atoms with E-state index < -0.39 is 0 Å². The van der Waals surface area contributed by atoms with E-state index in [1.54, 1.807) is 36.5 Å². The summed E-state index contributed by atoms with van der Waals surface area (Å²) >= 11 is 0. The highest BCUT2D eigenvalue weighted by atomic mass is 16.5. The van der Waals surface area contributed by atoms with Gasteiger partial charge in [0.2, 0.25) is 0 Å².